The van der Waals surface area contributed by atoms with Crippen LogP contribution in [0.2, 0.25) is 0 Å². The summed E-state index contributed by atoms with van der Waals surface area (Å²) in [6, 6.07) is 13.0. The lowest BCUT2D eigenvalue weighted by Crippen LogP contribution is -2.41. The molecule has 1 unspecified atom stereocenters. The Morgan fingerprint density at radius 3 is 2.60 bits per heavy atom. The lowest BCUT2D eigenvalue weighted by atomic mass is 10.2. The number of furan rings is 1. The number of hydrogen-bond acceptors (Lipinski definition) is 5. The fourth-order valence-electron chi connectivity index (χ4n) is 2.76. The average molecular weight is 379 g/mol. The van der Waals surface area contributed by atoms with E-state index >= 15 is 0 Å². The van der Waals surface area contributed by atoms with E-state index in [4.69, 9.17) is 4.42 Å². The maximum atomic E-state index is 12.3. The molecule has 1 aromatic heterocycles. The van der Waals surface area contributed by atoms with E-state index in [1.807, 2.05) is 54.2 Å². The van der Waals surface area contributed by atoms with E-state index in [0.717, 1.165) is 35.9 Å². The number of hydrogen-bond donors (Lipinski definition) is 1. The van der Waals surface area contributed by atoms with Crippen molar-refractivity contribution in [2.75, 3.05) is 31.1 Å². The van der Waals surface area contributed by atoms with Crippen molar-refractivity contribution in [3.05, 3.63) is 65.5 Å². The van der Waals surface area contributed by atoms with Crippen molar-refractivity contribution in [3.8, 4) is 0 Å². The molecule has 1 atom stereocenters. The average Bonchev–Trinajstić information content (AvgIpc) is 3.16. The minimum Gasteiger partial charge on any atom is -0.468 e. The molecule has 1 aromatic carbocycles. The van der Waals surface area contributed by atoms with Crippen molar-refractivity contribution in [1.29, 1.82) is 0 Å². The zero-order valence-corrected chi connectivity index (χ0v) is 15.5. The van der Waals surface area contributed by atoms with E-state index in [1.165, 1.54) is 5.41 Å². The Morgan fingerprint density at radius 2 is 1.92 bits per heavy atom. The molecule has 0 saturated carbocycles. The Bertz CT molecular complexity index is 768. The highest BCUT2D eigenvalue weighted by Gasteiger charge is 2.25. The molecule has 0 bridgehead atoms. The van der Waals surface area contributed by atoms with Gasteiger partial charge in [-0.2, -0.15) is 11.8 Å². The Labute approximate surface area is 153 Å². The van der Waals surface area contributed by atoms with Gasteiger partial charge in [0.05, 0.1) is 12.3 Å². The number of sulfonamides is 1. The maximum absolute atomic E-state index is 12.3. The molecular formula is C18H22N2O3S2. The van der Waals surface area contributed by atoms with Crippen LogP contribution in [0.15, 0.2) is 58.6 Å². The van der Waals surface area contributed by atoms with Gasteiger partial charge in [-0.25, -0.2) is 13.1 Å². The summed E-state index contributed by atoms with van der Waals surface area (Å²) >= 11 is 1.92. The lowest BCUT2D eigenvalue weighted by Gasteiger charge is -2.33. The second-order valence-corrected chi connectivity index (χ2v) is 8.66. The molecule has 0 aliphatic carbocycles. The summed E-state index contributed by atoms with van der Waals surface area (Å²) < 4.78 is 32.9. The molecule has 0 amide bonds. The third kappa shape index (κ3) is 5.47. The molecule has 2 aromatic rings. The standard InChI is InChI=1S/C18H22N2O3S2/c21-25(22,14-8-16-5-2-1-3-6-16)19-15-17(18-7-4-11-23-18)20-9-12-24-13-10-20/h1-8,11,14,17,19H,9-10,12-13,15H2/b14-8+. The van der Waals surface area contributed by atoms with Gasteiger partial charge in [-0.1, -0.05) is 30.3 Å². The van der Waals surface area contributed by atoms with Crippen molar-refractivity contribution >= 4 is 27.9 Å². The van der Waals surface area contributed by atoms with Crippen molar-refractivity contribution in [2.45, 2.75) is 6.04 Å². The van der Waals surface area contributed by atoms with Crippen molar-refractivity contribution in [1.82, 2.24) is 9.62 Å². The molecule has 134 valence electrons. The molecule has 25 heavy (non-hydrogen) atoms. The summed E-state index contributed by atoms with van der Waals surface area (Å²) in [6.07, 6.45) is 3.23. The van der Waals surface area contributed by atoms with E-state index in [0.29, 0.717) is 6.54 Å². The number of thioether (sulfide) groups is 1. The molecule has 5 nitrogen and oxygen atoms in total. The first-order valence-electron chi connectivity index (χ1n) is 8.22. The molecule has 0 radical (unpaired) electrons. The second-order valence-electron chi connectivity index (χ2n) is 5.79. The first-order valence-corrected chi connectivity index (χ1v) is 10.9. The van der Waals surface area contributed by atoms with Crippen LogP contribution in [0, 0.1) is 0 Å². The van der Waals surface area contributed by atoms with Gasteiger partial charge in [0, 0.05) is 36.5 Å². The molecule has 1 aliphatic rings. The molecule has 1 aliphatic heterocycles. The van der Waals surface area contributed by atoms with E-state index < -0.39 is 10.0 Å². The van der Waals surface area contributed by atoms with Gasteiger partial charge in [0.25, 0.3) is 0 Å². The normalized spacial score (nSPS) is 17.8. The van der Waals surface area contributed by atoms with Gasteiger partial charge in [-0.3, -0.25) is 4.90 Å². The van der Waals surface area contributed by atoms with E-state index in [1.54, 1.807) is 12.3 Å². The Kier molecular flexibility index (Phi) is 6.36. The highest BCUT2D eigenvalue weighted by atomic mass is 32.2. The molecule has 1 saturated heterocycles. The second kappa shape index (κ2) is 8.71. The summed E-state index contributed by atoms with van der Waals surface area (Å²) in [5, 5.41) is 1.22. The van der Waals surface area contributed by atoms with Gasteiger partial charge < -0.3 is 4.42 Å². The Balaban J connectivity index is 1.66. The molecule has 1 N–H and O–H groups in total. The first kappa shape index (κ1) is 18.3. The van der Waals surface area contributed by atoms with E-state index in [-0.39, 0.29) is 6.04 Å². The van der Waals surface area contributed by atoms with Crippen LogP contribution in [-0.2, 0) is 10.0 Å². The zero-order chi connectivity index (χ0) is 17.5. The zero-order valence-electron chi connectivity index (χ0n) is 13.9. The maximum Gasteiger partial charge on any atom is 0.233 e. The number of nitrogens with zero attached hydrogens (tertiary/aromatic N) is 1. The third-order valence-electron chi connectivity index (χ3n) is 4.08. The lowest BCUT2D eigenvalue weighted by molar-refractivity contribution is 0.193. The molecular weight excluding hydrogens is 356 g/mol. The summed E-state index contributed by atoms with van der Waals surface area (Å²) in [4.78, 5) is 2.28. The van der Waals surface area contributed by atoms with Gasteiger partial charge in [0.1, 0.15) is 5.76 Å². The van der Waals surface area contributed by atoms with E-state index in [2.05, 4.69) is 9.62 Å². The molecule has 7 heteroatoms. The van der Waals surface area contributed by atoms with Crippen LogP contribution in [0.4, 0.5) is 0 Å². The quantitative estimate of drug-likeness (QED) is 0.803. The van der Waals surface area contributed by atoms with Gasteiger partial charge in [-0.05, 0) is 23.8 Å². The summed E-state index contributed by atoms with van der Waals surface area (Å²) in [6.45, 7) is 2.15. The first-order chi connectivity index (χ1) is 12.1. The molecule has 3 rings (SSSR count). The molecule has 0 spiro atoms. The summed E-state index contributed by atoms with van der Waals surface area (Å²) in [7, 11) is -3.51. The number of nitrogens with one attached hydrogen (secondary N) is 1. The monoisotopic (exact) mass is 378 g/mol. The summed E-state index contributed by atoms with van der Waals surface area (Å²) in [5.74, 6) is 2.90. The number of benzene rings is 1. The SMILES string of the molecule is O=S(=O)(/C=C/c1ccccc1)NCC(c1ccco1)N1CCSCC1. The highest BCUT2D eigenvalue weighted by molar-refractivity contribution is 7.99. The third-order valence-corrected chi connectivity index (χ3v) is 6.08. The minimum absolute atomic E-state index is 0.0872. The van der Waals surface area contributed by atoms with Crippen LogP contribution >= 0.6 is 11.8 Å². The van der Waals surface area contributed by atoms with E-state index in [9.17, 15) is 8.42 Å². The van der Waals surface area contributed by atoms with Crippen LogP contribution in [0.1, 0.15) is 17.4 Å². The molecule has 1 fully saturated rings. The predicted molar refractivity (Wildman–Crippen MR) is 103 cm³/mol. The predicted octanol–water partition coefficient (Wildman–Crippen LogP) is 2.96. The Morgan fingerprint density at radius 1 is 1.16 bits per heavy atom. The fourth-order valence-corrected chi connectivity index (χ4v) is 4.51. The van der Waals surface area contributed by atoms with Gasteiger partial charge in [-0.15, -0.1) is 0 Å². The van der Waals surface area contributed by atoms with Gasteiger partial charge >= 0.3 is 0 Å². The summed E-state index contributed by atoms with van der Waals surface area (Å²) in [5.41, 5.74) is 0.850. The smallest absolute Gasteiger partial charge is 0.233 e. The molecule has 2 heterocycles. The Hall–Kier alpha value is -1.54. The fraction of sp³-hybridized carbons (Fsp3) is 0.333. The highest BCUT2D eigenvalue weighted by Crippen LogP contribution is 2.24. The van der Waals surface area contributed by atoms with Crippen LogP contribution in [0.3, 0.4) is 0 Å². The van der Waals surface area contributed by atoms with Gasteiger partial charge in [0.2, 0.25) is 10.0 Å². The van der Waals surface area contributed by atoms with Crippen LogP contribution in [0.25, 0.3) is 6.08 Å². The largest absolute Gasteiger partial charge is 0.468 e. The van der Waals surface area contributed by atoms with Gasteiger partial charge in [0.15, 0.2) is 0 Å². The number of rotatable bonds is 7. The van der Waals surface area contributed by atoms with Crippen molar-refractivity contribution in [3.63, 3.8) is 0 Å². The van der Waals surface area contributed by atoms with Crippen LogP contribution < -0.4 is 4.72 Å². The van der Waals surface area contributed by atoms with Crippen LogP contribution in [-0.4, -0.2) is 44.5 Å². The topological polar surface area (TPSA) is 62.6 Å². The van der Waals surface area contributed by atoms with Crippen molar-refractivity contribution < 1.29 is 12.8 Å². The van der Waals surface area contributed by atoms with Crippen LogP contribution in [0.5, 0.6) is 0 Å². The van der Waals surface area contributed by atoms with Crippen molar-refractivity contribution in [2.24, 2.45) is 0 Å². The minimum atomic E-state index is -3.51.